The third-order valence-electron chi connectivity index (χ3n) is 3.62. The summed E-state index contributed by atoms with van der Waals surface area (Å²) in [6, 6.07) is 0. The quantitative estimate of drug-likeness (QED) is 0.832. The molecule has 0 unspecified atom stereocenters. The smallest absolute Gasteiger partial charge is 0.243 e. The van der Waals surface area contributed by atoms with E-state index < -0.39 is 5.60 Å². The van der Waals surface area contributed by atoms with Gasteiger partial charge in [-0.3, -0.25) is 0 Å². The van der Waals surface area contributed by atoms with Crippen LogP contribution in [0.15, 0.2) is 0 Å². The second kappa shape index (κ2) is 5.61. The number of hydrogen-bond acceptors (Lipinski definition) is 5. The summed E-state index contributed by atoms with van der Waals surface area (Å²) in [6.45, 7) is 4.64. The number of aromatic nitrogens is 3. The molecule has 1 aliphatic rings. The molecule has 5 nitrogen and oxygen atoms in total. The number of rotatable bonds is 5. The van der Waals surface area contributed by atoms with Crippen molar-refractivity contribution in [1.82, 2.24) is 15.2 Å². The minimum Gasteiger partial charge on any atom is -0.388 e. The predicted molar refractivity (Wildman–Crippen MR) is 70.5 cm³/mol. The Hall–Kier alpha value is -1.23. The van der Waals surface area contributed by atoms with Gasteiger partial charge in [0.1, 0.15) is 0 Å². The Kier molecular flexibility index (Phi) is 4.11. The van der Waals surface area contributed by atoms with Crippen molar-refractivity contribution >= 4 is 5.95 Å². The summed E-state index contributed by atoms with van der Waals surface area (Å²) in [7, 11) is 0. The van der Waals surface area contributed by atoms with Gasteiger partial charge in [0.25, 0.3) is 0 Å². The van der Waals surface area contributed by atoms with Gasteiger partial charge in [-0.05, 0) is 25.7 Å². The first-order valence-corrected chi connectivity index (χ1v) is 6.85. The van der Waals surface area contributed by atoms with Gasteiger partial charge in [0.15, 0.2) is 0 Å². The van der Waals surface area contributed by atoms with Crippen LogP contribution in [0, 0.1) is 0 Å². The maximum atomic E-state index is 10.2. The van der Waals surface area contributed by atoms with E-state index in [-0.39, 0.29) is 0 Å². The maximum Gasteiger partial charge on any atom is 0.243 e. The minimum atomic E-state index is -0.584. The summed E-state index contributed by atoms with van der Waals surface area (Å²) in [5.41, 5.74) is 1.37. The topological polar surface area (TPSA) is 70.9 Å². The van der Waals surface area contributed by atoms with Crippen molar-refractivity contribution in [2.24, 2.45) is 0 Å². The average molecular weight is 250 g/mol. The lowest BCUT2D eigenvalue weighted by Gasteiger charge is -2.22. The highest BCUT2D eigenvalue weighted by Gasteiger charge is 2.30. The molecule has 0 saturated heterocycles. The van der Waals surface area contributed by atoms with E-state index in [1.165, 1.54) is 0 Å². The van der Waals surface area contributed by atoms with Crippen LogP contribution in [0.4, 0.5) is 5.95 Å². The van der Waals surface area contributed by atoms with Crippen LogP contribution < -0.4 is 5.32 Å². The van der Waals surface area contributed by atoms with Crippen molar-refractivity contribution in [1.29, 1.82) is 0 Å². The number of aliphatic hydroxyl groups is 1. The summed E-state index contributed by atoms with van der Waals surface area (Å²) < 4.78 is 0. The lowest BCUT2D eigenvalue weighted by atomic mass is 10.0. The normalized spacial score (nSPS) is 17.9. The van der Waals surface area contributed by atoms with Crippen molar-refractivity contribution in [2.45, 2.75) is 58.0 Å². The molecule has 1 fully saturated rings. The lowest BCUT2D eigenvalue weighted by Crippen LogP contribution is -2.34. The highest BCUT2D eigenvalue weighted by atomic mass is 16.3. The standard InChI is InChI=1S/C13H22N4O/c1-3-10-11(4-2)16-17-12(15-10)14-9-13(18)7-5-6-8-13/h18H,3-9H2,1-2H3,(H,14,15,17). The highest BCUT2D eigenvalue weighted by Crippen LogP contribution is 2.29. The second-order valence-electron chi connectivity index (χ2n) is 5.02. The Bertz CT molecular complexity index is 402. The number of nitrogens with one attached hydrogen (secondary N) is 1. The van der Waals surface area contributed by atoms with Crippen LogP contribution in [0.3, 0.4) is 0 Å². The van der Waals surface area contributed by atoms with Crippen LogP contribution in [-0.2, 0) is 12.8 Å². The third-order valence-corrected chi connectivity index (χ3v) is 3.62. The van der Waals surface area contributed by atoms with E-state index in [1.54, 1.807) is 0 Å². The van der Waals surface area contributed by atoms with Crippen molar-refractivity contribution in [2.75, 3.05) is 11.9 Å². The van der Waals surface area contributed by atoms with Gasteiger partial charge in [-0.1, -0.05) is 26.7 Å². The SMILES string of the molecule is CCc1nnc(NCC2(O)CCCC2)nc1CC. The fraction of sp³-hybridized carbons (Fsp3) is 0.769. The zero-order valence-electron chi connectivity index (χ0n) is 11.2. The summed E-state index contributed by atoms with van der Waals surface area (Å²) in [5, 5.41) is 21.6. The fourth-order valence-corrected chi connectivity index (χ4v) is 2.47. The third kappa shape index (κ3) is 2.96. The summed E-state index contributed by atoms with van der Waals surface area (Å²) in [4.78, 5) is 4.46. The maximum absolute atomic E-state index is 10.2. The number of nitrogens with zero attached hydrogens (tertiary/aromatic N) is 3. The van der Waals surface area contributed by atoms with Gasteiger partial charge in [0.2, 0.25) is 5.95 Å². The van der Waals surface area contributed by atoms with E-state index in [9.17, 15) is 5.11 Å². The lowest BCUT2D eigenvalue weighted by molar-refractivity contribution is 0.0612. The molecule has 1 saturated carbocycles. The monoisotopic (exact) mass is 250 g/mol. The fourth-order valence-electron chi connectivity index (χ4n) is 2.47. The van der Waals surface area contributed by atoms with Gasteiger partial charge >= 0.3 is 0 Å². The zero-order chi connectivity index (χ0) is 13.0. The Labute approximate surface area is 108 Å². The first-order chi connectivity index (χ1) is 8.67. The van der Waals surface area contributed by atoms with E-state index in [1.807, 2.05) is 0 Å². The number of hydrogen-bond donors (Lipinski definition) is 2. The molecule has 0 atom stereocenters. The van der Waals surface area contributed by atoms with Crippen LogP contribution in [0.1, 0.15) is 50.9 Å². The van der Waals surface area contributed by atoms with E-state index >= 15 is 0 Å². The molecule has 0 bridgehead atoms. The van der Waals surface area contributed by atoms with Crippen molar-refractivity contribution in [3.63, 3.8) is 0 Å². The first kappa shape index (κ1) is 13.2. The highest BCUT2D eigenvalue weighted by molar-refractivity contribution is 5.26. The van der Waals surface area contributed by atoms with Gasteiger partial charge in [0.05, 0.1) is 17.0 Å². The van der Waals surface area contributed by atoms with Gasteiger partial charge in [0, 0.05) is 6.54 Å². The van der Waals surface area contributed by atoms with Crippen LogP contribution in [0.2, 0.25) is 0 Å². The van der Waals surface area contributed by atoms with E-state index in [0.29, 0.717) is 12.5 Å². The Morgan fingerprint density at radius 3 is 2.39 bits per heavy atom. The van der Waals surface area contributed by atoms with Crippen molar-refractivity contribution in [3.05, 3.63) is 11.4 Å². The minimum absolute atomic E-state index is 0.517. The van der Waals surface area contributed by atoms with Crippen LogP contribution in [0.5, 0.6) is 0 Å². The van der Waals surface area contributed by atoms with Crippen LogP contribution in [0.25, 0.3) is 0 Å². The Morgan fingerprint density at radius 2 is 1.78 bits per heavy atom. The first-order valence-electron chi connectivity index (χ1n) is 6.85. The van der Waals surface area contributed by atoms with Crippen molar-refractivity contribution in [3.8, 4) is 0 Å². The largest absolute Gasteiger partial charge is 0.388 e. The molecule has 2 N–H and O–H groups in total. The zero-order valence-corrected chi connectivity index (χ0v) is 11.2. The molecule has 1 aromatic rings. The molecule has 1 aliphatic carbocycles. The van der Waals surface area contributed by atoms with Crippen LogP contribution >= 0.6 is 0 Å². The second-order valence-corrected chi connectivity index (χ2v) is 5.02. The van der Waals surface area contributed by atoms with Gasteiger partial charge < -0.3 is 10.4 Å². The van der Waals surface area contributed by atoms with Gasteiger partial charge in [-0.15, -0.1) is 5.10 Å². The van der Waals surface area contributed by atoms with Gasteiger partial charge in [-0.25, -0.2) is 4.98 Å². The van der Waals surface area contributed by atoms with E-state index in [0.717, 1.165) is 49.9 Å². The molecule has 1 heterocycles. The molecule has 0 aromatic carbocycles. The molecule has 2 rings (SSSR count). The van der Waals surface area contributed by atoms with E-state index in [4.69, 9.17) is 0 Å². The van der Waals surface area contributed by atoms with Crippen molar-refractivity contribution < 1.29 is 5.11 Å². The predicted octanol–water partition coefficient (Wildman–Crippen LogP) is 1.71. The number of anilines is 1. The number of aryl methyl sites for hydroxylation is 2. The molecule has 0 spiro atoms. The molecule has 1 aromatic heterocycles. The summed E-state index contributed by atoms with van der Waals surface area (Å²) >= 11 is 0. The summed E-state index contributed by atoms with van der Waals surface area (Å²) in [5.74, 6) is 0.532. The van der Waals surface area contributed by atoms with E-state index in [2.05, 4.69) is 34.3 Å². The molecule has 100 valence electrons. The molecule has 0 aliphatic heterocycles. The molecule has 0 amide bonds. The molecule has 18 heavy (non-hydrogen) atoms. The Balaban J connectivity index is 2.01. The van der Waals surface area contributed by atoms with Gasteiger partial charge in [-0.2, -0.15) is 5.10 Å². The molecule has 0 radical (unpaired) electrons. The van der Waals surface area contributed by atoms with Crippen LogP contribution in [-0.4, -0.2) is 32.4 Å². The Morgan fingerprint density at radius 1 is 1.11 bits per heavy atom. The molecular formula is C13H22N4O. The average Bonchev–Trinajstić information content (AvgIpc) is 2.83. The molecule has 5 heteroatoms. The molecular weight excluding hydrogens is 228 g/mol. The summed E-state index contributed by atoms with van der Waals surface area (Å²) in [6.07, 6.45) is 5.64.